The Morgan fingerprint density at radius 3 is 2.36 bits per heavy atom. The minimum Gasteiger partial charge on any atom is -0.355 e. The molecular formula is C14H23N5O2S. The van der Waals surface area contributed by atoms with Crippen molar-refractivity contribution in [3.05, 3.63) is 18.1 Å². The van der Waals surface area contributed by atoms with Crippen LogP contribution in [-0.2, 0) is 10.2 Å². The van der Waals surface area contributed by atoms with Gasteiger partial charge in [0.15, 0.2) is 0 Å². The topological polar surface area (TPSA) is 69.6 Å². The van der Waals surface area contributed by atoms with E-state index in [1.165, 1.54) is 0 Å². The van der Waals surface area contributed by atoms with Crippen molar-refractivity contribution >= 4 is 16.0 Å². The Balaban J connectivity index is 1.69. The molecule has 0 amide bonds. The lowest BCUT2D eigenvalue weighted by atomic mass is 10.4. The molecule has 1 aromatic rings. The molecule has 0 spiro atoms. The normalized spacial score (nSPS) is 22.0. The third-order valence-corrected chi connectivity index (χ3v) is 6.29. The first-order chi connectivity index (χ1) is 10.6. The van der Waals surface area contributed by atoms with Crippen molar-refractivity contribution in [2.75, 3.05) is 44.2 Å². The van der Waals surface area contributed by atoms with Crippen molar-refractivity contribution in [1.82, 2.24) is 18.6 Å². The Kier molecular flexibility index (Phi) is 4.60. The zero-order valence-electron chi connectivity index (χ0n) is 13.0. The van der Waals surface area contributed by atoms with Gasteiger partial charge in [-0.15, -0.1) is 0 Å². The molecule has 7 nitrogen and oxygen atoms in total. The second kappa shape index (κ2) is 6.47. The third kappa shape index (κ3) is 3.23. The lowest BCUT2D eigenvalue weighted by Crippen LogP contribution is -2.44. The van der Waals surface area contributed by atoms with Crippen molar-refractivity contribution < 1.29 is 8.42 Å². The van der Waals surface area contributed by atoms with E-state index in [9.17, 15) is 8.42 Å². The zero-order valence-corrected chi connectivity index (χ0v) is 13.8. The highest BCUT2D eigenvalue weighted by atomic mass is 32.2. The number of hydrogen-bond donors (Lipinski definition) is 0. The van der Waals surface area contributed by atoms with E-state index in [2.05, 4.69) is 14.9 Å². The third-order valence-electron chi connectivity index (χ3n) is 4.26. The van der Waals surface area contributed by atoms with E-state index in [0.29, 0.717) is 32.7 Å². The van der Waals surface area contributed by atoms with E-state index >= 15 is 0 Å². The van der Waals surface area contributed by atoms with E-state index in [1.54, 1.807) is 14.8 Å². The molecule has 1 aromatic heterocycles. The van der Waals surface area contributed by atoms with Crippen LogP contribution in [0.15, 0.2) is 12.3 Å². The van der Waals surface area contributed by atoms with Gasteiger partial charge in [0.05, 0.1) is 0 Å². The van der Waals surface area contributed by atoms with E-state index < -0.39 is 10.2 Å². The van der Waals surface area contributed by atoms with Gasteiger partial charge < -0.3 is 4.90 Å². The van der Waals surface area contributed by atoms with Crippen LogP contribution < -0.4 is 4.90 Å². The van der Waals surface area contributed by atoms with Gasteiger partial charge in [0.1, 0.15) is 11.6 Å². The minimum atomic E-state index is -3.29. The highest BCUT2D eigenvalue weighted by Gasteiger charge is 2.32. The van der Waals surface area contributed by atoms with E-state index in [1.807, 2.05) is 13.0 Å². The molecule has 0 atom stereocenters. The molecule has 8 heteroatoms. The zero-order chi connectivity index (χ0) is 15.6. The molecule has 122 valence electrons. The molecule has 0 aromatic carbocycles. The molecule has 2 saturated heterocycles. The van der Waals surface area contributed by atoms with Crippen LogP contribution in [0.4, 0.5) is 5.82 Å². The van der Waals surface area contributed by atoms with Gasteiger partial charge in [-0.3, -0.25) is 0 Å². The van der Waals surface area contributed by atoms with Gasteiger partial charge in [-0.2, -0.15) is 17.0 Å². The summed E-state index contributed by atoms with van der Waals surface area (Å²) in [6.07, 6.45) is 4.51. The number of anilines is 1. The summed E-state index contributed by atoms with van der Waals surface area (Å²) in [6.45, 7) is 5.78. The first-order valence-corrected chi connectivity index (χ1v) is 9.27. The van der Waals surface area contributed by atoms with Crippen molar-refractivity contribution in [3.8, 4) is 0 Å². The second-order valence-electron chi connectivity index (χ2n) is 5.82. The first-order valence-electron chi connectivity index (χ1n) is 7.87. The number of rotatable bonds is 3. The Labute approximate surface area is 132 Å². The fourth-order valence-electron chi connectivity index (χ4n) is 3.06. The van der Waals surface area contributed by atoms with E-state index in [-0.39, 0.29) is 0 Å². The lowest BCUT2D eigenvalue weighted by molar-refractivity contribution is 0.373. The van der Waals surface area contributed by atoms with E-state index in [4.69, 9.17) is 0 Å². The summed E-state index contributed by atoms with van der Waals surface area (Å²) < 4.78 is 28.5. The molecule has 3 rings (SSSR count). The molecule has 22 heavy (non-hydrogen) atoms. The SMILES string of the molecule is Cc1nccc(N2CCCN(S(=O)(=O)N3CCCC3)CC2)n1. The summed E-state index contributed by atoms with van der Waals surface area (Å²) in [5, 5.41) is 0. The summed E-state index contributed by atoms with van der Waals surface area (Å²) in [6, 6.07) is 1.89. The molecule has 2 aliphatic heterocycles. The van der Waals surface area contributed by atoms with E-state index in [0.717, 1.165) is 37.4 Å². The van der Waals surface area contributed by atoms with Crippen molar-refractivity contribution in [1.29, 1.82) is 0 Å². The molecule has 0 aliphatic carbocycles. The molecule has 0 unspecified atom stereocenters. The fraction of sp³-hybridized carbons (Fsp3) is 0.714. The highest BCUT2D eigenvalue weighted by molar-refractivity contribution is 7.86. The molecule has 0 N–H and O–H groups in total. The number of nitrogens with zero attached hydrogens (tertiary/aromatic N) is 5. The standard InChI is InChI=1S/C14H23N5O2S/c1-13-15-6-5-14(16-13)17-7-4-10-19(12-11-17)22(20,21)18-8-2-3-9-18/h5-6H,2-4,7-12H2,1H3. The Morgan fingerprint density at radius 1 is 0.955 bits per heavy atom. The van der Waals surface area contributed by atoms with Gasteiger partial charge in [-0.25, -0.2) is 9.97 Å². The van der Waals surface area contributed by atoms with Crippen LogP contribution in [0.3, 0.4) is 0 Å². The van der Waals surface area contributed by atoms with Crippen molar-refractivity contribution in [2.45, 2.75) is 26.2 Å². The summed E-state index contributed by atoms with van der Waals surface area (Å²) in [5.74, 6) is 1.62. The van der Waals surface area contributed by atoms with Gasteiger partial charge >= 0.3 is 0 Å². The second-order valence-corrected chi connectivity index (χ2v) is 7.74. The minimum absolute atomic E-state index is 0.516. The maximum Gasteiger partial charge on any atom is 0.282 e. The van der Waals surface area contributed by atoms with Crippen LogP contribution >= 0.6 is 0 Å². The smallest absolute Gasteiger partial charge is 0.282 e. The van der Waals surface area contributed by atoms with Crippen LogP contribution in [0, 0.1) is 6.92 Å². The van der Waals surface area contributed by atoms with Gasteiger partial charge in [0, 0.05) is 45.5 Å². The monoisotopic (exact) mass is 325 g/mol. The van der Waals surface area contributed by atoms with Crippen LogP contribution in [0.5, 0.6) is 0 Å². The number of aryl methyl sites for hydroxylation is 1. The quantitative estimate of drug-likeness (QED) is 0.815. The molecule has 0 radical (unpaired) electrons. The Morgan fingerprint density at radius 2 is 1.64 bits per heavy atom. The summed E-state index contributed by atoms with van der Waals surface area (Å²) in [7, 11) is -3.29. The predicted molar refractivity (Wildman–Crippen MR) is 84.9 cm³/mol. The summed E-state index contributed by atoms with van der Waals surface area (Å²) in [5.41, 5.74) is 0. The fourth-order valence-corrected chi connectivity index (χ4v) is 4.77. The molecule has 2 fully saturated rings. The van der Waals surface area contributed by atoms with Gasteiger partial charge in [0.2, 0.25) is 0 Å². The van der Waals surface area contributed by atoms with Crippen molar-refractivity contribution in [2.24, 2.45) is 0 Å². The van der Waals surface area contributed by atoms with Gasteiger partial charge in [-0.1, -0.05) is 0 Å². The molecular weight excluding hydrogens is 302 g/mol. The average molecular weight is 325 g/mol. The van der Waals surface area contributed by atoms with Crippen LogP contribution in [-0.4, -0.2) is 66.3 Å². The van der Waals surface area contributed by atoms with Crippen LogP contribution in [0.2, 0.25) is 0 Å². The first kappa shape index (κ1) is 15.6. The average Bonchev–Trinajstić information content (AvgIpc) is 2.92. The number of aromatic nitrogens is 2. The lowest BCUT2D eigenvalue weighted by Gasteiger charge is -2.26. The maximum atomic E-state index is 12.6. The summed E-state index contributed by atoms with van der Waals surface area (Å²) in [4.78, 5) is 10.7. The number of hydrogen-bond acceptors (Lipinski definition) is 5. The van der Waals surface area contributed by atoms with Gasteiger partial charge in [0.25, 0.3) is 10.2 Å². The predicted octanol–water partition coefficient (Wildman–Crippen LogP) is 0.638. The highest BCUT2D eigenvalue weighted by Crippen LogP contribution is 2.19. The Bertz CT molecular complexity index is 615. The maximum absolute atomic E-state index is 12.6. The van der Waals surface area contributed by atoms with Crippen LogP contribution in [0.1, 0.15) is 25.1 Å². The van der Waals surface area contributed by atoms with Crippen molar-refractivity contribution in [3.63, 3.8) is 0 Å². The molecule has 2 aliphatic rings. The Hall–Kier alpha value is -1.25. The van der Waals surface area contributed by atoms with Gasteiger partial charge in [-0.05, 0) is 32.3 Å². The summed E-state index contributed by atoms with van der Waals surface area (Å²) >= 11 is 0. The molecule has 0 saturated carbocycles. The van der Waals surface area contributed by atoms with Crippen LogP contribution in [0.25, 0.3) is 0 Å². The molecule has 3 heterocycles. The molecule has 0 bridgehead atoms. The largest absolute Gasteiger partial charge is 0.355 e.